The van der Waals surface area contributed by atoms with Gasteiger partial charge in [0, 0.05) is 23.0 Å². The highest BCUT2D eigenvalue weighted by Gasteiger charge is 2.14. The predicted octanol–water partition coefficient (Wildman–Crippen LogP) is 3.50. The molecule has 1 heterocycles. The van der Waals surface area contributed by atoms with Crippen molar-refractivity contribution in [2.75, 3.05) is 0 Å². The minimum absolute atomic E-state index is 0.362. The Kier molecular flexibility index (Phi) is 3.43. The van der Waals surface area contributed by atoms with Crippen LogP contribution in [0.1, 0.15) is 27.3 Å². The summed E-state index contributed by atoms with van der Waals surface area (Å²) < 4.78 is 1.99. The molecule has 0 radical (unpaired) electrons. The standard InChI is InChI=1S/C14H14ClNO2/c1-9-7-13(14(17)18)10(2)16(9)8-11-3-5-12(15)6-4-11/h3-7H,8H2,1-2H3,(H,17,18). The van der Waals surface area contributed by atoms with E-state index in [9.17, 15) is 4.79 Å². The van der Waals surface area contributed by atoms with Gasteiger partial charge in [0.05, 0.1) is 5.56 Å². The number of carboxylic acid groups (broad SMARTS) is 1. The first-order valence-electron chi connectivity index (χ1n) is 5.63. The summed E-state index contributed by atoms with van der Waals surface area (Å²) in [6.07, 6.45) is 0. The summed E-state index contributed by atoms with van der Waals surface area (Å²) in [5, 5.41) is 9.78. The zero-order chi connectivity index (χ0) is 13.3. The van der Waals surface area contributed by atoms with Gasteiger partial charge >= 0.3 is 5.97 Å². The second-order valence-corrected chi connectivity index (χ2v) is 4.74. The minimum atomic E-state index is -0.884. The maximum absolute atomic E-state index is 11.1. The van der Waals surface area contributed by atoms with Gasteiger partial charge in [-0.15, -0.1) is 0 Å². The lowest BCUT2D eigenvalue weighted by Gasteiger charge is -2.09. The van der Waals surface area contributed by atoms with Gasteiger partial charge in [-0.2, -0.15) is 0 Å². The maximum Gasteiger partial charge on any atom is 0.337 e. The van der Waals surface area contributed by atoms with Crippen molar-refractivity contribution < 1.29 is 9.90 Å². The summed E-state index contributed by atoms with van der Waals surface area (Å²) in [7, 11) is 0. The molecule has 0 aliphatic rings. The fourth-order valence-corrected chi connectivity index (χ4v) is 2.16. The van der Waals surface area contributed by atoms with Crippen LogP contribution in [0, 0.1) is 13.8 Å². The molecular formula is C14H14ClNO2. The Bertz CT molecular complexity index is 585. The molecule has 1 aromatic heterocycles. The Morgan fingerprint density at radius 1 is 1.28 bits per heavy atom. The van der Waals surface area contributed by atoms with Gasteiger partial charge in [-0.25, -0.2) is 4.79 Å². The average molecular weight is 264 g/mol. The fraction of sp³-hybridized carbons (Fsp3) is 0.214. The molecule has 0 saturated carbocycles. The van der Waals surface area contributed by atoms with Crippen molar-refractivity contribution in [1.82, 2.24) is 4.57 Å². The molecule has 94 valence electrons. The van der Waals surface area contributed by atoms with Gasteiger partial charge < -0.3 is 9.67 Å². The van der Waals surface area contributed by atoms with E-state index in [2.05, 4.69) is 0 Å². The van der Waals surface area contributed by atoms with Crippen molar-refractivity contribution in [3.8, 4) is 0 Å². The summed E-state index contributed by atoms with van der Waals surface area (Å²) >= 11 is 5.84. The van der Waals surface area contributed by atoms with Gasteiger partial charge in [-0.1, -0.05) is 23.7 Å². The van der Waals surface area contributed by atoms with E-state index in [1.165, 1.54) is 0 Å². The lowest BCUT2D eigenvalue weighted by Crippen LogP contribution is -2.05. The average Bonchev–Trinajstić information content (AvgIpc) is 2.60. The number of carboxylic acids is 1. The third kappa shape index (κ3) is 2.41. The zero-order valence-corrected chi connectivity index (χ0v) is 11.0. The van der Waals surface area contributed by atoms with Crippen LogP contribution >= 0.6 is 11.6 Å². The summed E-state index contributed by atoms with van der Waals surface area (Å²) in [6.45, 7) is 4.39. The van der Waals surface area contributed by atoms with E-state index < -0.39 is 5.97 Å². The van der Waals surface area contributed by atoms with Crippen LogP contribution in [0.3, 0.4) is 0 Å². The smallest absolute Gasteiger partial charge is 0.337 e. The molecule has 0 spiro atoms. The lowest BCUT2D eigenvalue weighted by molar-refractivity contribution is 0.0696. The molecule has 0 aliphatic carbocycles. The van der Waals surface area contributed by atoms with Crippen molar-refractivity contribution in [2.45, 2.75) is 20.4 Å². The Balaban J connectivity index is 2.34. The number of hydrogen-bond acceptors (Lipinski definition) is 1. The Hall–Kier alpha value is -1.74. The first-order chi connectivity index (χ1) is 8.49. The maximum atomic E-state index is 11.1. The molecule has 2 rings (SSSR count). The molecule has 0 atom stereocenters. The quantitative estimate of drug-likeness (QED) is 0.921. The van der Waals surface area contributed by atoms with E-state index in [1.54, 1.807) is 6.07 Å². The molecule has 3 nitrogen and oxygen atoms in total. The molecule has 4 heteroatoms. The van der Waals surface area contributed by atoms with Crippen molar-refractivity contribution >= 4 is 17.6 Å². The number of aromatic carboxylic acids is 1. The predicted molar refractivity (Wildman–Crippen MR) is 71.4 cm³/mol. The second-order valence-electron chi connectivity index (χ2n) is 4.30. The molecular weight excluding hydrogens is 250 g/mol. The van der Waals surface area contributed by atoms with Crippen molar-refractivity contribution in [1.29, 1.82) is 0 Å². The van der Waals surface area contributed by atoms with Crippen LogP contribution in [0.4, 0.5) is 0 Å². The first kappa shape index (κ1) is 12.7. The summed E-state index contributed by atoms with van der Waals surface area (Å²) in [5.41, 5.74) is 3.18. The molecule has 2 aromatic rings. The highest BCUT2D eigenvalue weighted by Crippen LogP contribution is 2.18. The van der Waals surface area contributed by atoms with Crippen LogP contribution < -0.4 is 0 Å². The van der Waals surface area contributed by atoms with Gasteiger partial charge in [0.25, 0.3) is 0 Å². The Labute approximate surface area is 111 Å². The normalized spacial score (nSPS) is 10.6. The molecule has 0 amide bonds. The van der Waals surface area contributed by atoms with E-state index in [0.717, 1.165) is 17.0 Å². The molecule has 0 aliphatic heterocycles. The van der Waals surface area contributed by atoms with Crippen LogP contribution in [0.25, 0.3) is 0 Å². The van der Waals surface area contributed by atoms with Crippen LogP contribution in [0.5, 0.6) is 0 Å². The number of nitrogens with zero attached hydrogens (tertiary/aromatic N) is 1. The minimum Gasteiger partial charge on any atom is -0.478 e. The van der Waals surface area contributed by atoms with Gasteiger partial charge in [-0.3, -0.25) is 0 Å². The third-order valence-corrected chi connectivity index (χ3v) is 3.31. The summed E-state index contributed by atoms with van der Waals surface area (Å²) in [4.78, 5) is 11.1. The van der Waals surface area contributed by atoms with Gasteiger partial charge in [-0.05, 0) is 37.6 Å². The number of rotatable bonds is 3. The summed E-state index contributed by atoms with van der Waals surface area (Å²) in [5.74, 6) is -0.884. The van der Waals surface area contributed by atoms with Crippen LogP contribution in [0.15, 0.2) is 30.3 Å². The molecule has 0 saturated heterocycles. The van der Waals surface area contributed by atoms with Gasteiger partial charge in [0.15, 0.2) is 0 Å². The molecule has 1 aromatic carbocycles. The van der Waals surface area contributed by atoms with E-state index >= 15 is 0 Å². The highest BCUT2D eigenvalue weighted by atomic mass is 35.5. The number of hydrogen-bond donors (Lipinski definition) is 1. The number of halogens is 1. The number of aryl methyl sites for hydroxylation is 1. The fourth-order valence-electron chi connectivity index (χ4n) is 2.03. The molecule has 1 N–H and O–H groups in total. The van der Waals surface area contributed by atoms with E-state index in [4.69, 9.17) is 16.7 Å². The first-order valence-corrected chi connectivity index (χ1v) is 6.01. The Morgan fingerprint density at radius 3 is 2.39 bits per heavy atom. The number of carbonyl (C=O) groups is 1. The van der Waals surface area contributed by atoms with Gasteiger partial charge in [0.1, 0.15) is 0 Å². The largest absolute Gasteiger partial charge is 0.478 e. The van der Waals surface area contributed by atoms with Gasteiger partial charge in [0.2, 0.25) is 0 Å². The van der Waals surface area contributed by atoms with E-state index in [0.29, 0.717) is 17.1 Å². The third-order valence-electron chi connectivity index (χ3n) is 3.06. The van der Waals surface area contributed by atoms with E-state index in [1.807, 2.05) is 42.7 Å². The van der Waals surface area contributed by atoms with Crippen molar-refractivity contribution in [3.63, 3.8) is 0 Å². The topological polar surface area (TPSA) is 42.2 Å². The molecule has 0 fully saturated rings. The molecule has 0 bridgehead atoms. The Morgan fingerprint density at radius 2 is 1.89 bits per heavy atom. The highest BCUT2D eigenvalue weighted by molar-refractivity contribution is 6.30. The van der Waals surface area contributed by atoms with Crippen LogP contribution in [-0.4, -0.2) is 15.6 Å². The number of benzene rings is 1. The lowest BCUT2D eigenvalue weighted by atomic mass is 10.2. The van der Waals surface area contributed by atoms with Crippen molar-refractivity contribution in [2.24, 2.45) is 0 Å². The molecule has 18 heavy (non-hydrogen) atoms. The second kappa shape index (κ2) is 4.86. The zero-order valence-electron chi connectivity index (χ0n) is 10.3. The number of aromatic nitrogens is 1. The summed E-state index contributed by atoms with van der Waals surface area (Å²) in [6, 6.07) is 9.27. The monoisotopic (exact) mass is 263 g/mol. The van der Waals surface area contributed by atoms with Crippen molar-refractivity contribution in [3.05, 3.63) is 57.9 Å². The van der Waals surface area contributed by atoms with Crippen LogP contribution in [0.2, 0.25) is 5.02 Å². The van der Waals surface area contributed by atoms with Crippen LogP contribution in [-0.2, 0) is 6.54 Å². The van der Waals surface area contributed by atoms with E-state index in [-0.39, 0.29) is 0 Å². The SMILES string of the molecule is Cc1cc(C(=O)O)c(C)n1Cc1ccc(Cl)cc1. The molecule has 0 unspecified atom stereocenters.